The Morgan fingerprint density at radius 3 is 1.97 bits per heavy atom. The SMILES string of the molecule is COc1cc(C(=O)NCc2ccc(COCC(F)(F)F)cc2)cc(OC)c1OC. The van der Waals surface area contributed by atoms with E-state index in [-0.39, 0.29) is 19.1 Å². The predicted molar refractivity (Wildman–Crippen MR) is 99.4 cm³/mol. The number of carbonyl (C=O) groups excluding carboxylic acids is 1. The lowest BCUT2D eigenvalue weighted by Crippen LogP contribution is -2.23. The van der Waals surface area contributed by atoms with Crippen LogP contribution in [-0.2, 0) is 17.9 Å². The maximum absolute atomic E-state index is 12.5. The van der Waals surface area contributed by atoms with Crippen LogP contribution in [0.2, 0.25) is 0 Å². The molecule has 2 rings (SSSR count). The van der Waals surface area contributed by atoms with Crippen LogP contribution in [0.3, 0.4) is 0 Å². The van der Waals surface area contributed by atoms with E-state index >= 15 is 0 Å². The van der Waals surface area contributed by atoms with Crippen LogP contribution in [0.5, 0.6) is 17.2 Å². The molecular weight excluding hydrogens is 391 g/mol. The Morgan fingerprint density at radius 2 is 1.48 bits per heavy atom. The highest BCUT2D eigenvalue weighted by Gasteiger charge is 2.27. The minimum absolute atomic E-state index is 0.141. The van der Waals surface area contributed by atoms with Gasteiger partial charge in [-0.2, -0.15) is 13.2 Å². The largest absolute Gasteiger partial charge is 0.493 e. The maximum atomic E-state index is 12.5. The number of rotatable bonds is 9. The summed E-state index contributed by atoms with van der Waals surface area (Å²) in [6.45, 7) is -1.20. The normalized spacial score (nSPS) is 11.1. The van der Waals surface area contributed by atoms with Crippen molar-refractivity contribution < 1.29 is 36.9 Å². The molecule has 1 N–H and O–H groups in total. The molecule has 0 atom stereocenters. The summed E-state index contributed by atoms with van der Waals surface area (Å²) < 4.78 is 56.6. The molecule has 0 saturated carbocycles. The average molecular weight is 413 g/mol. The summed E-state index contributed by atoms with van der Waals surface area (Å²) in [5, 5.41) is 2.77. The number of halogens is 3. The van der Waals surface area contributed by atoms with Gasteiger partial charge in [-0.15, -0.1) is 0 Å². The van der Waals surface area contributed by atoms with Crippen molar-refractivity contribution in [3.8, 4) is 17.2 Å². The topological polar surface area (TPSA) is 66.0 Å². The van der Waals surface area contributed by atoms with Crippen LogP contribution in [-0.4, -0.2) is 40.0 Å². The molecule has 158 valence electrons. The van der Waals surface area contributed by atoms with Crippen LogP contribution in [0.4, 0.5) is 13.2 Å². The van der Waals surface area contributed by atoms with Crippen LogP contribution >= 0.6 is 0 Å². The van der Waals surface area contributed by atoms with Gasteiger partial charge in [0.05, 0.1) is 27.9 Å². The fourth-order valence-corrected chi connectivity index (χ4v) is 2.53. The van der Waals surface area contributed by atoms with E-state index in [0.717, 1.165) is 5.56 Å². The van der Waals surface area contributed by atoms with Gasteiger partial charge in [-0.1, -0.05) is 24.3 Å². The number of amides is 1. The quantitative estimate of drug-likeness (QED) is 0.679. The molecule has 29 heavy (non-hydrogen) atoms. The van der Waals surface area contributed by atoms with E-state index in [4.69, 9.17) is 14.2 Å². The van der Waals surface area contributed by atoms with Gasteiger partial charge in [0.2, 0.25) is 5.75 Å². The lowest BCUT2D eigenvalue weighted by molar-refractivity contribution is -0.176. The van der Waals surface area contributed by atoms with Crippen LogP contribution in [0.15, 0.2) is 36.4 Å². The van der Waals surface area contributed by atoms with Gasteiger partial charge < -0.3 is 24.3 Å². The van der Waals surface area contributed by atoms with E-state index in [1.165, 1.54) is 33.5 Å². The minimum atomic E-state index is -4.35. The second-order valence-electron chi connectivity index (χ2n) is 6.02. The number of methoxy groups -OCH3 is 3. The van der Waals surface area contributed by atoms with Crippen molar-refractivity contribution in [2.45, 2.75) is 19.3 Å². The zero-order valence-electron chi connectivity index (χ0n) is 16.3. The molecule has 0 aliphatic rings. The number of alkyl halides is 3. The van der Waals surface area contributed by atoms with E-state index in [2.05, 4.69) is 10.1 Å². The van der Waals surface area contributed by atoms with Gasteiger partial charge in [0, 0.05) is 12.1 Å². The van der Waals surface area contributed by atoms with E-state index in [9.17, 15) is 18.0 Å². The number of nitrogens with one attached hydrogen (secondary N) is 1. The van der Waals surface area contributed by atoms with Crippen molar-refractivity contribution in [2.75, 3.05) is 27.9 Å². The Kier molecular flexibility index (Phi) is 7.72. The van der Waals surface area contributed by atoms with Crippen LogP contribution in [0, 0.1) is 0 Å². The first-order valence-electron chi connectivity index (χ1n) is 8.58. The lowest BCUT2D eigenvalue weighted by Gasteiger charge is -2.14. The van der Waals surface area contributed by atoms with Crippen molar-refractivity contribution in [3.05, 3.63) is 53.1 Å². The molecule has 0 spiro atoms. The molecule has 0 aliphatic heterocycles. The fourth-order valence-electron chi connectivity index (χ4n) is 2.53. The highest BCUT2D eigenvalue weighted by Crippen LogP contribution is 2.38. The van der Waals surface area contributed by atoms with Crippen molar-refractivity contribution in [1.29, 1.82) is 0 Å². The van der Waals surface area contributed by atoms with Gasteiger partial charge >= 0.3 is 6.18 Å². The van der Waals surface area contributed by atoms with Gasteiger partial charge in [-0.05, 0) is 23.3 Å². The van der Waals surface area contributed by atoms with E-state index in [1.54, 1.807) is 24.3 Å². The molecule has 0 fully saturated rings. The molecular formula is C20H22F3NO5. The van der Waals surface area contributed by atoms with E-state index in [1.807, 2.05) is 0 Å². The first-order valence-corrected chi connectivity index (χ1v) is 8.58. The molecule has 2 aromatic carbocycles. The molecule has 0 saturated heterocycles. The Balaban J connectivity index is 1.97. The van der Waals surface area contributed by atoms with Gasteiger partial charge in [-0.25, -0.2) is 0 Å². The predicted octanol–water partition coefficient (Wildman–Crippen LogP) is 3.72. The Hall–Kier alpha value is -2.94. The van der Waals surface area contributed by atoms with Crippen molar-refractivity contribution in [2.24, 2.45) is 0 Å². The first-order chi connectivity index (χ1) is 13.8. The highest BCUT2D eigenvalue weighted by molar-refractivity contribution is 5.95. The summed E-state index contributed by atoms with van der Waals surface area (Å²) in [6.07, 6.45) is -4.35. The Morgan fingerprint density at radius 1 is 0.931 bits per heavy atom. The monoisotopic (exact) mass is 413 g/mol. The molecule has 0 bridgehead atoms. The molecule has 0 radical (unpaired) electrons. The van der Waals surface area contributed by atoms with Gasteiger partial charge in [0.1, 0.15) is 6.61 Å². The minimum Gasteiger partial charge on any atom is -0.493 e. The zero-order valence-corrected chi connectivity index (χ0v) is 16.3. The molecule has 0 aliphatic carbocycles. The van der Waals surface area contributed by atoms with Gasteiger partial charge in [-0.3, -0.25) is 4.79 Å². The van der Waals surface area contributed by atoms with Gasteiger partial charge in [0.15, 0.2) is 11.5 Å². The fraction of sp³-hybridized carbons (Fsp3) is 0.350. The smallest absolute Gasteiger partial charge is 0.411 e. The van der Waals surface area contributed by atoms with Crippen LogP contribution in [0.1, 0.15) is 21.5 Å². The highest BCUT2D eigenvalue weighted by atomic mass is 19.4. The van der Waals surface area contributed by atoms with Crippen LogP contribution in [0.25, 0.3) is 0 Å². The molecule has 6 nitrogen and oxygen atoms in total. The first kappa shape index (κ1) is 22.4. The third-order valence-corrected chi connectivity index (χ3v) is 3.94. The number of ether oxygens (including phenoxy) is 4. The van der Waals surface area contributed by atoms with Gasteiger partial charge in [0.25, 0.3) is 5.91 Å². The molecule has 9 heteroatoms. The molecule has 0 heterocycles. The molecule has 0 unspecified atom stereocenters. The number of benzene rings is 2. The van der Waals surface area contributed by atoms with Crippen molar-refractivity contribution in [3.63, 3.8) is 0 Å². The van der Waals surface area contributed by atoms with E-state index < -0.39 is 12.8 Å². The van der Waals surface area contributed by atoms with Crippen molar-refractivity contribution >= 4 is 5.91 Å². The van der Waals surface area contributed by atoms with Crippen LogP contribution < -0.4 is 19.5 Å². The second-order valence-corrected chi connectivity index (χ2v) is 6.02. The van der Waals surface area contributed by atoms with Crippen molar-refractivity contribution in [1.82, 2.24) is 5.32 Å². The number of hydrogen-bond acceptors (Lipinski definition) is 5. The summed E-state index contributed by atoms with van der Waals surface area (Å²) in [5.74, 6) is 0.761. The average Bonchev–Trinajstić information content (AvgIpc) is 2.70. The molecule has 1 amide bonds. The summed E-state index contributed by atoms with van der Waals surface area (Å²) >= 11 is 0. The summed E-state index contributed by atoms with van der Waals surface area (Å²) in [5.41, 5.74) is 1.72. The summed E-state index contributed by atoms with van der Waals surface area (Å²) in [6, 6.07) is 9.80. The van der Waals surface area contributed by atoms with E-state index in [0.29, 0.717) is 28.4 Å². The number of carbonyl (C=O) groups is 1. The molecule has 2 aromatic rings. The number of hydrogen-bond donors (Lipinski definition) is 1. The third-order valence-electron chi connectivity index (χ3n) is 3.94. The Labute approximate surface area is 166 Å². The zero-order chi connectivity index (χ0) is 21.4. The lowest BCUT2D eigenvalue weighted by atomic mass is 10.1. The third kappa shape index (κ3) is 6.56. The maximum Gasteiger partial charge on any atom is 0.411 e. The Bertz CT molecular complexity index is 797. The standard InChI is InChI=1S/C20H22F3NO5/c1-26-16-8-15(9-17(27-2)18(16)28-3)19(25)24-10-13-4-6-14(7-5-13)11-29-12-20(21,22)23/h4-9H,10-12H2,1-3H3,(H,24,25). The summed E-state index contributed by atoms with van der Waals surface area (Å²) in [4.78, 5) is 12.5. The second kappa shape index (κ2) is 10.0. The molecule has 0 aromatic heterocycles. The summed E-state index contributed by atoms with van der Waals surface area (Å²) in [7, 11) is 4.38.